The van der Waals surface area contributed by atoms with Crippen molar-refractivity contribution in [1.29, 1.82) is 0 Å². The molecule has 0 bridgehead atoms. The van der Waals surface area contributed by atoms with Crippen LogP contribution in [0.5, 0.6) is 0 Å². The predicted molar refractivity (Wildman–Crippen MR) is 48.5 cm³/mol. The van der Waals surface area contributed by atoms with Crippen molar-refractivity contribution in [3.05, 3.63) is 0 Å². The summed E-state index contributed by atoms with van der Waals surface area (Å²) in [7, 11) is 0. The molecule has 0 saturated heterocycles. The Morgan fingerprint density at radius 3 is 2.00 bits per heavy atom. The van der Waals surface area contributed by atoms with Gasteiger partial charge in [0.05, 0.1) is 0 Å². The summed E-state index contributed by atoms with van der Waals surface area (Å²) >= 11 is 0. The normalized spacial score (nSPS) is 16.5. The number of carbonyl (C=O) groups excluding carboxylic acids is 1. The van der Waals surface area contributed by atoms with Crippen molar-refractivity contribution in [2.24, 2.45) is 11.3 Å². The Hall–Kier alpha value is -0.330. The maximum atomic E-state index is 11.2. The van der Waals surface area contributed by atoms with Gasteiger partial charge < -0.3 is 0 Å². The first-order valence-corrected chi connectivity index (χ1v) is 4.43. The van der Waals surface area contributed by atoms with Crippen LogP contribution in [0.3, 0.4) is 0 Å². The molecule has 0 fully saturated rings. The number of carbonyl (C=O) groups is 1. The quantitative estimate of drug-likeness (QED) is 0.611. The van der Waals surface area contributed by atoms with Gasteiger partial charge in [-0.1, -0.05) is 27.7 Å². The molecule has 0 aromatic rings. The third kappa shape index (κ3) is 3.04. The zero-order valence-corrected chi connectivity index (χ0v) is 8.40. The van der Waals surface area contributed by atoms with E-state index in [0.29, 0.717) is 11.7 Å². The van der Waals surface area contributed by atoms with Crippen molar-refractivity contribution < 1.29 is 4.79 Å². The molecule has 0 spiro atoms. The fourth-order valence-electron chi connectivity index (χ4n) is 1.44. The van der Waals surface area contributed by atoms with Crippen LogP contribution in [0, 0.1) is 11.3 Å². The second-order valence-corrected chi connectivity index (χ2v) is 4.07. The zero-order chi connectivity index (χ0) is 9.07. The Balaban J connectivity index is 4.22. The monoisotopic (exact) mass is 156 g/mol. The number of hydrogen-bond donors (Lipinski definition) is 0. The van der Waals surface area contributed by atoms with Crippen LogP contribution in [0.15, 0.2) is 0 Å². The van der Waals surface area contributed by atoms with E-state index < -0.39 is 0 Å². The molecule has 1 heteroatoms. The fraction of sp³-hybridized carbons (Fsp3) is 0.900. The standard InChI is InChI=1S/C10H20O/c1-6-10(5,9(4)11)7-8(2)3/h8H,6-7H2,1-5H3. The third-order valence-corrected chi connectivity index (χ3v) is 2.49. The smallest absolute Gasteiger partial charge is 0.135 e. The number of ketones is 1. The lowest BCUT2D eigenvalue weighted by molar-refractivity contribution is -0.126. The molecule has 1 atom stereocenters. The van der Waals surface area contributed by atoms with Crippen molar-refractivity contribution in [2.45, 2.75) is 47.5 Å². The summed E-state index contributed by atoms with van der Waals surface area (Å²) in [6, 6.07) is 0. The summed E-state index contributed by atoms with van der Waals surface area (Å²) in [5.41, 5.74) is -0.0752. The van der Waals surface area contributed by atoms with Crippen LogP contribution in [0.2, 0.25) is 0 Å². The van der Waals surface area contributed by atoms with E-state index >= 15 is 0 Å². The Kier molecular flexibility index (Phi) is 3.77. The van der Waals surface area contributed by atoms with Gasteiger partial charge in [0.2, 0.25) is 0 Å². The van der Waals surface area contributed by atoms with E-state index in [1.165, 1.54) is 0 Å². The minimum atomic E-state index is -0.0752. The lowest BCUT2D eigenvalue weighted by Crippen LogP contribution is -2.26. The molecule has 0 radical (unpaired) electrons. The summed E-state index contributed by atoms with van der Waals surface area (Å²) in [6.07, 6.45) is 1.97. The molecular weight excluding hydrogens is 136 g/mol. The number of Topliss-reactive ketones (excluding diaryl/α,β-unsaturated/α-hetero) is 1. The zero-order valence-electron chi connectivity index (χ0n) is 8.40. The van der Waals surface area contributed by atoms with E-state index in [4.69, 9.17) is 0 Å². The number of rotatable bonds is 4. The molecule has 1 nitrogen and oxygen atoms in total. The highest BCUT2D eigenvalue weighted by molar-refractivity contribution is 5.81. The lowest BCUT2D eigenvalue weighted by atomic mass is 9.77. The molecule has 66 valence electrons. The van der Waals surface area contributed by atoms with E-state index in [1.807, 2.05) is 0 Å². The largest absolute Gasteiger partial charge is 0.299 e. The lowest BCUT2D eigenvalue weighted by Gasteiger charge is -2.26. The molecular formula is C10H20O. The van der Waals surface area contributed by atoms with E-state index in [9.17, 15) is 4.79 Å². The molecule has 0 heterocycles. The van der Waals surface area contributed by atoms with Crippen LogP contribution in [-0.2, 0) is 4.79 Å². The number of hydrogen-bond acceptors (Lipinski definition) is 1. The maximum absolute atomic E-state index is 11.2. The summed E-state index contributed by atoms with van der Waals surface area (Å²) in [4.78, 5) is 11.2. The first-order chi connectivity index (χ1) is 4.92. The summed E-state index contributed by atoms with van der Waals surface area (Å²) in [6.45, 7) is 10.2. The Morgan fingerprint density at radius 2 is 1.91 bits per heavy atom. The van der Waals surface area contributed by atoms with Crippen LogP contribution < -0.4 is 0 Å². The van der Waals surface area contributed by atoms with Crippen molar-refractivity contribution in [3.8, 4) is 0 Å². The highest BCUT2D eigenvalue weighted by Gasteiger charge is 2.27. The molecule has 0 aliphatic carbocycles. The Morgan fingerprint density at radius 1 is 1.45 bits per heavy atom. The highest BCUT2D eigenvalue weighted by atomic mass is 16.1. The van der Waals surface area contributed by atoms with Crippen LogP contribution in [0.1, 0.15) is 47.5 Å². The molecule has 0 saturated carbocycles. The molecule has 0 aromatic carbocycles. The van der Waals surface area contributed by atoms with Crippen LogP contribution in [-0.4, -0.2) is 5.78 Å². The predicted octanol–water partition coefficient (Wildman–Crippen LogP) is 3.04. The highest BCUT2D eigenvalue weighted by Crippen LogP contribution is 2.30. The van der Waals surface area contributed by atoms with E-state index in [1.54, 1.807) is 6.92 Å². The van der Waals surface area contributed by atoms with Gasteiger partial charge in [-0.15, -0.1) is 0 Å². The van der Waals surface area contributed by atoms with E-state index in [-0.39, 0.29) is 5.41 Å². The first-order valence-electron chi connectivity index (χ1n) is 4.43. The topological polar surface area (TPSA) is 17.1 Å². The van der Waals surface area contributed by atoms with Crippen molar-refractivity contribution in [3.63, 3.8) is 0 Å². The second-order valence-electron chi connectivity index (χ2n) is 4.07. The summed E-state index contributed by atoms with van der Waals surface area (Å²) in [5.74, 6) is 0.942. The third-order valence-electron chi connectivity index (χ3n) is 2.49. The molecule has 11 heavy (non-hydrogen) atoms. The summed E-state index contributed by atoms with van der Waals surface area (Å²) in [5, 5.41) is 0. The molecule has 0 aliphatic heterocycles. The average molecular weight is 156 g/mol. The molecule has 0 amide bonds. The van der Waals surface area contributed by atoms with Gasteiger partial charge in [-0.05, 0) is 25.7 Å². The minimum absolute atomic E-state index is 0.0752. The minimum Gasteiger partial charge on any atom is -0.299 e. The van der Waals surface area contributed by atoms with Gasteiger partial charge in [-0.3, -0.25) is 4.79 Å². The first kappa shape index (κ1) is 10.7. The second kappa shape index (κ2) is 3.89. The maximum Gasteiger partial charge on any atom is 0.135 e. The van der Waals surface area contributed by atoms with Crippen LogP contribution >= 0.6 is 0 Å². The molecule has 0 N–H and O–H groups in total. The fourth-order valence-corrected chi connectivity index (χ4v) is 1.44. The van der Waals surface area contributed by atoms with Crippen LogP contribution in [0.25, 0.3) is 0 Å². The SMILES string of the molecule is CCC(C)(CC(C)C)C(C)=O. The van der Waals surface area contributed by atoms with Gasteiger partial charge in [0.15, 0.2) is 0 Å². The van der Waals surface area contributed by atoms with Gasteiger partial charge in [0, 0.05) is 5.41 Å². The van der Waals surface area contributed by atoms with Gasteiger partial charge in [-0.25, -0.2) is 0 Å². The molecule has 0 aromatic heterocycles. The Bertz CT molecular complexity index is 138. The van der Waals surface area contributed by atoms with Gasteiger partial charge >= 0.3 is 0 Å². The van der Waals surface area contributed by atoms with Gasteiger partial charge in [-0.2, -0.15) is 0 Å². The van der Waals surface area contributed by atoms with Crippen molar-refractivity contribution >= 4 is 5.78 Å². The summed E-state index contributed by atoms with van der Waals surface area (Å²) < 4.78 is 0. The molecule has 1 unspecified atom stereocenters. The molecule has 0 rings (SSSR count). The molecule has 0 aliphatic rings. The van der Waals surface area contributed by atoms with E-state index in [0.717, 1.165) is 12.8 Å². The van der Waals surface area contributed by atoms with Crippen molar-refractivity contribution in [1.82, 2.24) is 0 Å². The van der Waals surface area contributed by atoms with Crippen LogP contribution in [0.4, 0.5) is 0 Å². The van der Waals surface area contributed by atoms with Gasteiger partial charge in [0.1, 0.15) is 5.78 Å². The Labute approximate surface area is 70.2 Å². The van der Waals surface area contributed by atoms with E-state index in [2.05, 4.69) is 27.7 Å². The van der Waals surface area contributed by atoms with Crippen molar-refractivity contribution in [2.75, 3.05) is 0 Å². The average Bonchev–Trinajstić information content (AvgIpc) is 1.86. The van der Waals surface area contributed by atoms with Gasteiger partial charge in [0.25, 0.3) is 0 Å².